The molecule has 1 fully saturated rings. The number of hydrogen-bond donors (Lipinski definition) is 2. The maximum atomic E-state index is 12.9. The Morgan fingerprint density at radius 2 is 2.03 bits per heavy atom. The molecule has 33 heavy (non-hydrogen) atoms. The van der Waals surface area contributed by atoms with Crippen molar-refractivity contribution in [3.05, 3.63) is 11.2 Å². The zero-order chi connectivity index (χ0) is 24.3. The third-order valence-electron chi connectivity index (χ3n) is 4.67. The van der Waals surface area contributed by atoms with Crippen LogP contribution in [0, 0.1) is 0 Å². The normalized spacial score (nSPS) is 14.7. The summed E-state index contributed by atoms with van der Waals surface area (Å²) in [4.78, 5) is 36.9. The Kier molecular flexibility index (Phi) is 11.5. The summed E-state index contributed by atoms with van der Waals surface area (Å²) in [7, 11) is 0. The van der Waals surface area contributed by atoms with Gasteiger partial charge in [0.15, 0.2) is 0 Å². The van der Waals surface area contributed by atoms with Crippen LogP contribution in [0.25, 0.3) is 0 Å². The number of alkyl carbamates (subject to hydrolysis) is 1. The fourth-order valence-corrected chi connectivity index (χ4v) is 4.20. The summed E-state index contributed by atoms with van der Waals surface area (Å²) >= 11 is 7.33. The van der Waals surface area contributed by atoms with Crippen LogP contribution in [0.1, 0.15) is 33.6 Å². The fourth-order valence-electron chi connectivity index (χ4n) is 3.11. The number of nitrogens with one attached hydrogen (secondary N) is 1. The van der Waals surface area contributed by atoms with Gasteiger partial charge in [-0.25, -0.2) is 14.8 Å². The Morgan fingerprint density at radius 1 is 1.30 bits per heavy atom. The summed E-state index contributed by atoms with van der Waals surface area (Å²) < 4.78 is 10.6. The first-order valence-corrected chi connectivity index (χ1v) is 12.5. The molecule has 1 aromatic rings. The van der Waals surface area contributed by atoms with Gasteiger partial charge in [-0.15, -0.1) is 11.8 Å². The lowest BCUT2D eigenvalue weighted by Gasteiger charge is -2.30. The summed E-state index contributed by atoms with van der Waals surface area (Å²) in [5.74, 6) is 0.720. The number of nitrogens with zero attached hydrogens (tertiary/aromatic N) is 4. The largest absolute Gasteiger partial charge is 0.444 e. The molecule has 1 aliphatic heterocycles. The number of halogens is 1. The summed E-state index contributed by atoms with van der Waals surface area (Å²) in [6.07, 6.45) is 0.543. The van der Waals surface area contributed by atoms with Gasteiger partial charge in [0.1, 0.15) is 15.8 Å². The highest BCUT2D eigenvalue weighted by atomic mass is 35.5. The average Bonchev–Trinajstić information content (AvgIpc) is 2.72. The van der Waals surface area contributed by atoms with E-state index >= 15 is 0 Å². The molecule has 0 bridgehead atoms. The topological polar surface area (TPSA) is 123 Å². The number of ether oxygens (including phenoxy) is 2. The number of hydrogen-bond acceptors (Lipinski definition) is 9. The maximum absolute atomic E-state index is 12.9. The summed E-state index contributed by atoms with van der Waals surface area (Å²) in [6.45, 7) is 11.0. The minimum atomic E-state index is -0.541. The molecule has 2 rings (SSSR count). The smallest absolute Gasteiger partial charge is 0.407 e. The van der Waals surface area contributed by atoms with Crippen molar-refractivity contribution in [2.45, 2.75) is 44.2 Å². The van der Waals surface area contributed by atoms with Crippen LogP contribution >= 0.6 is 23.4 Å². The molecule has 0 atom stereocenters. The number of nitrogen functional groups attached to an aromatic ring is 1. The number of morpholine rings is 1. The third kappa shape index (κ3) is 11.7. The van der Waals surface area contributed by atoms with Crippen LogP contribution in [-0.2, 0) is 14.3 Å². The van der Waals surface area contributed by atoms with Crippen molar-refractivity contribution in [2.24, 2.45) is 0 Å². The Bertz CT molecular complexity index is 753. The van der Waals surface area contributed by atoms with Gasteiger partial charge in [-0.05, 0) is 27.2 Å². The van der Waals surface area contributed by atoms with Crippen LogP contribution in [0.4, 0.5) is 10.7 Å². The first-order chi connectivity index (χ1) is 15.6. The van der Waals surface area contributed by atoms with Crippen LogP contribution in [0.3, 0.4) is 0 Å². The first-order valence-electron chi connectivity index (χ1n) is 11.1. The van der Waals surface area contributed by atoms with Crippen molar-refractivity contribution in [3.63, 3.8) is 0 Å². The monoisotopic (exact) mass is 502 g/mol. The van der Waals surface area contributed by atoms with E-state index in [2.05, 4.69) is 20.2 Å². The molecule has 0 radical (unpaired) electrons. The Balaban J connectivity index is 1.81. The van der Waals surface area contributed by atoms with E-state index in [4.69, 9.17) is 26.8 Å². The fraction of sp³-hybridized carbons (Fsp3) is 0.714. The summed E-state index contributed by atoms with van der Waals surface area (Å²) in [5, 5.41) is 3.66. The van der Waals surface area contributed by atoms with Crippen LogP contribution in [0.15, 0.2) is 11.1 Å². The molecule has 12 heteroatoms. The molecule has 186 valence electrons. The number of carbonyl (C=O) groups excluding carboxylic acids is 2. The molecule has 0 aliphatic carbocycles. The number of aromatic nitrogens is 2. The van der Waals surface area contributed by atoms with Gasteiger partial charge in [-0.1, -0.05) is 11.6 Å². The second-order valence-electron chi connectivity index (χ2n) is 8.60. The van der Waals surface area contributed by atoms with Crippen LogP contribution in [0.5, 0.6) is 0 Å². The second kappa shape index (κ2) is 13.8. The van der Waals surface area contributed by atoms with Gasteiger partial charge in [-0.3, -0.25) is 9.69 Å². The highest BCUT2D eigenvalue weighted by molar-refractivity contribution is 7.99. The summed E-state index contributed by atoms with van der Waals surface area (Å²) in [5.41, 5.74) is 5.08. The van der Waals surface area contributed by atoms with E-state index in [0.717, 1.165) is 32.8 Å². The van der Waals surface area contributed by atoms with Crippen molar-refractivity contribution in [1.82, 2.24) is 25.1 Å². The number of amides is 2. The minimum Gasteiger partial charge on any atom is -0.444 e. The lowest BCUT2D eigenvalue weighted by molar-refractivity contribution is -0.131. The van der Waals surface area contributed by atoms with Gasteiger partial charge in [-0.2, -0.15) is 0 Å². The van der Waals surface area contributed by atoms with Crippen molar-refractivity contribution < 1.29 is 19.1 Å². The van der Waals surface area contributed by atoms with Crippen LogP contribution in [-0.4, -0.2) is 95.6 Å². The van der Waals surface area contributed by atoms with E-state index in [0.29, 0.717) is 43.3 Å². The molecule has 0 aromatic carbocycles. The third-order valence-corrected chi connectivity index (χ3v) is 5.78. The molecule has 2 heterocycles. The molecule has 1 aliphatic rings. The highest BCUT2D eigenvalue weighted by Crippen LogP contribution is 2.20. The van der Waals surface area contributed by atoms with Gasteiger partial charge in [0, 0.05) is 57.5 Å². The predicted octanol–water partition coefficient (Wildman–Crippen LogP) is 2.27. The standard InChI is InChI=1S/C21H35ClN6O4S/c1-21(2,3)32-20(30)24-6-4-7-28(9-8-27-10-12-31-13-11-27)18(29)5-14-33-17-15-16(22)25-19(23)26-17/h15H,4-14H2,1-3H3,(H,24,30)(H2,23,25,26). The van der Waals surface area contributed by atoms with Crippen molar-refractivity contribution >= 4 is 41.3 Å². The minimum absolute atomic E-state index is 0.0566. The second-order valence-corrected chi connectivity index (χ2v) is 10.1. The van der Waals surface area contributed by atoms with Gasteiger partial charge < -0.3 is 25.4 Å². The first kappa shape index (κ1) is 27.4. The summed E-state index contributed by atoms with van der Waals surface area (Å²) in [6, 6.07) is 1.63. The average molecular weight is 503 g/mol. The number of carbonyl (C=O) groups is 2. The molecule has 1 aromatic heterocycles. The van der Waals surface area contributed by atoms with Crippen molar-refractivity contribution in [3.8, 4) is 0 Å². The Hall–Kier alpha value is -1.82. The molecule has 3 N–H and O–H groups in total. The Labute approximate surface area is 204 Å². The number of thioether (sulfide) groups is 1. The van der Waals surface area contributed by atoms with E-state index in [1.807, 2.05) is 25.7 Å². The SMILES string of the molecule is CC(C)(C)OC(=O)NCCCN(CCN1CCOCC1)C(=O)CCSc1cc(Cl)nc(N)n1. The number of nitrogens with two attached hydrogens (primary N) is 1. The van der Waals surface area contributed by atoms with E-state index in [1.165, 1.54) is 11.8 Å². The molecule has 1 saturated heterocycles. The number of anilines is 1. The quantitative estimate of drug-likeness (QED) is 0.266. The van der Waals surface area contributed by atoms with Gasteiger partial charge in [0.25, 0.3) is 0 Å². The van der Waals surface area contributed by atoms with Crippen molar-refractivity contribution in [2.75, 3.05) is 64.0 Å². The zero-order valence-corrected chi connectivity index (χ0v) is 21.2. The van der Waals surface area contributed by atoms with E-state index in [-0.39, 0.29) is 17.0 Å². The molecular formula is C21H35ClN6O4S. The van der Waals surface area contributed by atoms with Gasteiger partial charge in [0.05, 0.1) is 13.2 Å². The molecule has 10 nitrogen and oxygen atoms in total. The van der Waals surface area contributed by atoms with Crippen LogP contribution < -0.4 is 11.1 Å². The van der Waals surface area contributed by atoms with Gasteiger partial charge >= 0.3 is 6.09 Å². The maximum Gasteiger partial charge on any atom is 0.407 e. The van der Waals surface area contributed by atoms with E-state index < -0.39 is 11.7 Å². The van der Waals surface area contributed by atoms with E-state index in [9.17, 15) is 9.59 Å². The Morgan fingerprint density at radius 3 is 2.70 bits per heavy atom. The molecular weight excluding hydrogens is 468 g/mol. The molecule has 0 spiro atoms. The molecule has 0 saturated carbocycles. The lowest BCUT2D eigenvalue weighted by Crippen LogP contribution is -2.44. The molecule has 0 unspecified atom stereocenters. The van der Waals surface area contributed by atoms with E-state index in [1.54, 1.807) is 6.07 Å². The molecule has 2 amide bonds. The lowest BCUT2D eigenvalue weighted by atomic mass is 10.2. The van der Waals surface area contributed by atoms with Crippen LogP contribution in [0.2, 0.25) is 5.15 Å². The highest BCUT2D eigenvalue weighted by Gasteiger charge is 2.18. The number of rotatable bonds is 11. The van der Waals surface area contributed by atoms with Gasteiger partial charge in [0.2, 0.25) is 11.9 Å². The zero-order valence-electron chi connectivity index (χ0n) is 19.6. The predicted molar refractivity (Wildman–Crippen MR) is 129 cm³/mol. The van der Waals surface area contributed by atoms with Crippen molar-refractivity contribution in [1.29, 1.82) is 0 Å².